The molecular formula is C11H26N2O3S. The Hall–Kier alpha value is -0.170. The molecule has 104 valence electrons. The van der Waals surface area contributed by atoms with Crippen LogP contribution in [0.5, 0.6) is 0 Å². The third-order valence-electron chi connectivity index (χ3n) is 2.73. The van der Waals surface area contributed by atoms with E-state index in [0.29, 0.717) is 6.42 Å². The summed E-state index contributed by atoms with van der Waals surface area (Å²) in [5.74, 6) is 5.91. The van der Waals surface area contributed by atoms with Crippen LogP contribution in [0, 0.1) is 0 Å². The zero-order chi connectivity index (χ0) is 13.1. The van der Waals surface area contributed by atoms with E-state index in [1.54, 1.807) is 6.92 Å². The molecule has 0 aromatic carbocycles. The van der Waals surface area contributed by atoms with Gasteiger partial charge in [0.1, 0.15) is 9.84 Å². The number of nitrogens with one attached hydrogen (secondary N) is 1. The summed E-state index contributed by atoms with van der Waals surface area (Å²) in [6.07, 6.45) is 3.33. The van der Waals surface area contributed by atoms with Crippen molar-refractivity contribution in [3.05, 3.63) is 0 Å². The van der Waals surface area contributed by atoms with Crippen LogP contribution >= 0.6 is 0 Å². The van der Waals surface area contributed by atoms with Crippen molar-refractivity contribution in [1.82, 2.24) is 5.43 Å². The first kappa shape index (κ1) is 16.8. The number of hydrogen-bond acceptors (Lipinski definition) is 5. The lowest BCUT2D eigenvalue weighted by Crippen LogP contribution is -2.35. The van der Waals surface area contributed by atoms with Crippen molar-refractivity contribution in [2.75, 3.05) is 24.7 Å². The van der Waals surface area contributed by atoms with Gasteiger partial charge in [0.25, 0.3) is 0 Å². The third kappa shape index (κ3) is 9.52. The summed E-state index contributed by atoms with van der Waals surface area (Å²) in [4.78, 5) is 0. The topological polar surface area (TPSA) is 81.4 Å². The van der Waals surface area contributed by atoms with Crippen molar-refractivity contribution in [3.63, 3.8) is 0 Å². The van der Waals surface area contributed by atoms with Crippen LogP contribution in [0.1, 0.15) is 39.5 Å². The van der Waals surface area contributed by atoms with Crippen LogP contribution in [0.15, 0.2) is 0 Å². The highest BCUT2D eigenvalue weighted by molar-refractivity contribution is 7.91. The number of hydrogen-bond donors (Lipinski definition) is 2. The molecule has 0 saturated heterocycles. The van der Waals surface area contributed by atoms with E-state index in [2.05, 4.69) is 5.43 Å². The number of ether oxygens (including phenoxy) is 1. The average molecular weight is 266 g/mol. The second-order valence-electron chi connectivity index (χ2n) is 4.08. The summed E-state index contributed by atoms with van der Waals surface area (Å²) >= 11 is 0. The van der Waals surface area contributed by atoms with Crippen molar-refractivity contribution < 1.29 is 13.2 Å². The predicted octanol–water partition coefficient (Wildman–Crippen LogP) is 0.850. The molecule has 0 saturated carbocycles. The first-order valence-corrected chi connectivity index (χ1v) is 8.12. The Morgan fingerprint density at radius 2 is 1.88 bits per heavy atom. The van der Waals surface area contributed by atoms with Gasteiger partial charge in [-0.1, -0.05) is 6.92 Å². The van der Waals surface area contributed by atoms with Gasteiger partial charge in [0.2, 0.25) is 0 Å². The average Bonchev–Trinajstić information content (AvgIpc) is 2.32. The Morgan fingerprint density at radius 1 is 1.24 bits per heavy atom. The van der Waals surface area contributed by atoms with Crippen LogP contribution in [-0.2, 0) is 14.6 Å². The van der Waals surface area contributed by atoms with E-state index in [1.807, 2.05) is 6.92 Å². The Bertz CT molecular complexity index is 268. The fourth-order valence-electron chi connectivity index (χ4n) is 1.58. The molecule has 0 aromatic rings. The largest absolute Gasteiger partial charge is 0.382 e. The zero-order valence-corrected chi connectivity index (χ0v) is 11.8. The maximum absolute atomic E-state index is 11.3. The van der Waals surface area contributed by atoms with Gasteiger partial charge in [-0.2, -0.15) is 0 Å². The van der Waals surface area contributed by atoms with Crippen molar-refractivity contribution in [1.29, 1.82) is 0 Å². The Balaban J connectivity index is 3.68. The maximum Gasteiger partial charge on any atom is 0.150 e. The van der Waals surface area contributed by atoms with Crippen molar-refractivity contribution in [2.24, 2.45) is 5.84 Å². The molecule has 0 aliphatic rings. The fraction of sp³-hybridized carbons (Fsp3) is 1.00. The lowest BCUT2D eigenvalue weighted by atomic mass is 10.1. The quantitative estimate of drug-likeness (QED) is 0.329. The minimum Gasteiger partial charge on any atom is -0.382 e. The molecule has 5 nitrogen and oxygen atoms in total. The summed E-state index contributed by atoms with van der Waals surface area (Å²) in [5, 5.41) is 0. The molecule has 0 amide bonds. The molecule has 1 unspecified atom stereocenters. The lowest BCUT2D eigenvalue weighted by molar-refractivity contribution is 0.140. The molecule has 1 atom stereocenters. The van der Waals surface area contributed by atoms with Gasteiger partial charge in [0, 0.05) is 25.0 Å². The first-order valence-electron chi connectivity index (χ1n) is 6.30. The summed E-state index contributed by atoms with van der Waals surface area (Å²) in [5.41, 5.74) is 2.73. The van der Waals surface area contributed by atoms with E-state index in [0.717, 1.165) is 32.5 Å². The molecule has 0 aliphatic heterocycles. The lowest BCUT2D eigenvalue weighted by Gasteiger charge is -2.15. The Kier molecular flexibility index (Phi) is 9.72. The van der Waals surface area contributed by atoms with Crippen LogP contribution in [0.3, 0.4) is 0 Å². The summed E-state index contributed by atoms with van der Waals surface area (Å²) < 4.78 is 27.8. The third-order valence-corrected chi connectivity index (χ3v) is 4.52. The Labute approximate surface area is 105 Å². The smallest absolute Gasteiger partial charge is 0.150 e. The standard InChI is InChI=1S/C11H26N2O3S/c1-3-16-9-5-7-11(13-12)8-6-10-17(14,15)4-2/h11,13H,3-10,12H2,1-2H3. The van der Waals surface area contributed by atoms with Gasteiger partial charge in [-0.25, -0.2) is 8.42 Å². The molecule has 0 spiro atoms. The first-order chi connectivity index (χ1) is 8.05. The van der Waals surface area contributed by atoms with Gasteiger partial charge in [0.05, 0.1) is 5.75 Å². The molecular weight excluding hydrogens is 240 g/mol. The van der Waals surface area contributed by atoms with E-state index in [1.165, 1.54) is 0 Å². The van der Waals surface area contributed by atoms with E-state index >= 15 is 0 Å². The SMILES string of the molecule is CCOCCCC(CCCS(=O)(=O)CC)NN. The Morgan fingerprint density at radius 3 is 2.41 bits per heavy atom. The maximum atomic E-state index is 11.3. The minimum absolute atomic E-state index is 0.183. The minimum atomic E-state index is -2.85. The summed E-state index contributed by atoms with van der Waals surface area (Å²) in [6.45, 7) is 5.11. The molecule has 17 heavy (non-hydrogen) atoms. The van der Waals surface area contributed by atoms with E-state index < -0.39 is 9.84 Å². The number of sulfone groups is 1. The highest BCUT2D eigenvalue weighted by Gasteiger charge is 2.10. The fourth-order valence-corrected chi connectivity index (χ4v) is 2.48. The van der Waals surface area contributed by atoms with Crippen molar-refractivity contribution in [2.45, 2.75) is 45.6 Å². The van der Waals surface area contributed by atoms with Crippen LogP contribution in [0.2, 0.25) is 0 Å². The predicted molar refractivity (Wildman–Crippen MR) is 70.4 cm³/mol. The molecule has 6 heteroatoms. The zero-order valence-electron chi connectivity index (χ0n) is 10.9. The van der Waals surface area contributed by atoms with E-state index in [-0.39, 0.29) is 17.5 Å². The number of nitrogens with two attached hydrogens (primary N) is 1. The summed E-state index contributed by atoms with van der Waals surface area (Å²) in [6, 6.07) is 0.183. The van der Waals surface area contributed by atoms with Gasteiger partial charge in [0.15, 0.2) is 0 Å². The molecule has 0 bridgehead atoms. The second kappa shape index (κ2) is 9.82. The van der Waals surface area contributed by atoms with Gasteiger partial charge in [-0.05, 0) is 32.6 Å². The molecule has 0 heterocycles. The number of rotatable bonds is 11. The summed E-state index contributed by atoms with van der Waals surface area (Å²) in [7, 11) is -2.85. The van der Waals surface area contributed by atoms with Crippen LogP contribution in [-0.4, -0.2) is 39.2 Å². The van der Waals surface area contributed by atoms with Crippen molar-refractivity contribution >= 4 is 9.84 Å². The number of hydrazine groups is 1. The van der Waals surface area contributed by atoms with Crippen molar-refractivity contribution in [3.8, 4) is 0 Å². The molecule has 0 radical (unpaired) electrons. The van der Waals surface area contributed by atoms with Gasteiger partial charge >= 0.3 is 0 Å². The van der Waals surface area contributed by atoms with Gasteiger partial charge in [-0.3, -0.25) is 11.3 Å². The highest BCUT2D eigenvalue weighted by Crippen LogP contribution is 2.06. The van der Waals surface area contributed by atoms with Crippen LogP contribution < -0.4 is 11.3 Å². The molecule has 0 aliphatic carbocycles. The van der Waals surface area contributed by atoms with Gasteiger partial charge in [-0.15, -0.1) is 0 Å². The molecule has 0 rings (SSSR count). The normalized spacial score (nSPS) is 13.8. The second-order valence-corrected chi connectivity index (χ2v) is 6.55. The van der Waals surface area contributed by atoms with Gasteiger partial charge < -0.3 is 4.74 Å². The molecule has 0 fully saturated rings. The van der Waals surface area contributed by atoms with Crippen LogP contribution in [0.4, 0.5) is 0 Å². The van der Waals surface area contributed by atoms with E-state index in [9.17, 15) is 8.42 Å². The monoisotopic (exact) mass is 266 g/mol. The van der Waals surface area contributed by atoms with E-state index in [4.69, 9.17) is 10.6 Å². The molecule has 3 N–H and O–H groups in total. The molecule has 0 aromatic heterocycles. The van der Waals surface area contributed by atoms with Crippen LogP contribution in [0.25, 0.3) is 0 Å². The highest BCUT2D eigenvalue weighted by atomic mass is 32.2.